The van der Waals surface area contributed by atoms with Crippen molar-refractivity contribution in [1.82, 2.24) is 9.80 Å². The van der Waals surface area contributed by atoms with Gasteiger partial charge in [0.25, 0.3) is 5.91 Å². The van der Waals surface area contributed by atoms with Gasteiger partial charge in [-0.2, -0.15) is 0 Å². The molecule has 2 aromatic rings. The molecular formula is C22H26FN3O3. The van der Waals surface area contributed by atoms with Crippen LogP contribution in [0.25, 0.3) is 0 Å². The molecule has 29 heavy (non-hydrogen) atoms. The fourth-order valence-corrected chi connectivity index (χ4v) is 3.56. The molecule has 0 aromatic heterocycles. The van der Waals surface area contributed by atoms with Crippen LogP contribution < -0.4 is 10.5 Å². The summed E-state index contributed by atoms with van der Waals surface area (Å²) in [5.74, 6) is -0.450. The Morgan fingerprint density at radius 1 is 1.10 bits per heavy atom. The van der Waals surface area contributed by atoms with Gasteiger partial charge in [-0.05, 0) is 49.7 Å². The van der Waals surface area contributed by atoms with E-state index in [-0.39, 0.29) is 30.4 Å². The van der Waals surface area contributed by atoms with Crippen LogP contribution in [0.1, 0.15) is 29.8 Å². The molecule has 1 saturated heterocycles. The zero-order valence-electron chi connectivity index (χ0n) is 16.7. The molecule has 1 aliphatic heterocycles. The largest absolute Gasteiger partial charge is 0.484 e. The molecule has 154 valence electrons. The molecule has 7 heteroatoms. The summed E-state index contributed by atoms with van der Waals surface area (Å²) in [4.78, 5) is 28.1. The first-order chi connectivity index (χ1) is 13.8. The smallest absolute Gasteiger partial charge is 0.260 e. The zero-order valence-corrected chi connectivity index (χ0v) is 16.7. The number of benzene rings is 2. The van der Waals surface area contributed by atoms with Gasteiger partial charge >= 0.3 is 0 Å². The summed E-state index contributed by atoms with van der Waals surface area (Å²) in [6.45, 7) is 6.01. The number of piperazine rings is 1. The highest BCUT2D eigenvalue weighted by Gasteiger charge is 2.32. The van der Waals surface area contributed by atoms with Gasteiger partial charge in [0, 0.05) is 37.3 Å². The average molecular weight is 399 g/mol. The fourth-order valence-electron chi connectivity index (χ4n) is 3.56. The van der Waals surface area contributed by atoms with Crippen molar-refractivity contribution in [2.75, 3.05) is 19.7 Å². The standard InChI is InChI=1S/C22H26FN3O3/c1-15-12-26(16(2)11-25(15)13-17-6-8-19(23)9-7-17)21(27)14-29-20-5-3-4-18(10-20)22(24)28/h3-10,15-16H,11-14H2,1-2H3,(H2,24,28). The third kappa shape index (κ3) is 5.32. The number of primary amides is 1. The Labute approximate surface area is 170 Å². The second-order valence-corrected chi connectivity index (χ2v) is 7.48. The fraction of sp³-hybridized carbons (Fsp3) is 0.364. The van der Waals surface area contributed by atoms with Crippen molar-refractivity contribution in [2.24, 2.45) is 5.73 Å². The highest BCUT2D eigenvalue weighted by Crippen LogP contribution is 2.19. The van der Waals surface area contributed by atoms with Gasteiger partial charge in [-0.3, -0.25) is 14.5 Å². The molecule has 0 radical (unpaired) electrons. The van der Waals surface area contributed by atoms with Crippen LogP contribution in [-0.2, 0) is 11.3 Å². The molecule has 6 nitrogen and oxygen atoms in total. The first-order valence-corrected chi connectivity index (χ1v) is 9.64. The molecular weight excluding hydrogens is 373 g/mol. The predicted molar refractivity (Wildman–Crippen MR) is 108 cm³/mol. The number of hydrogen-bond acceptors (Lipinski definition) is 4. The van der Waals surface area contributed by atoms with Crippen LogP contribution in [0.2, 0.25) is 0 Å². The summed E-state index contributed by atoms with van der Waals surface area (Å²) in [6, 6.07) is 13.2. The molecule has 3 rings (SSSR count). The Hall–Kier alpha value is -2.93. The highest BCUT2D eigenvalue weighted by atomic mass is 19.1. The predicted octanol–water partition coefficient (Wildman–Crippen LogP) is 2.42. The van der Waals surface area contributed by atoms with Crippen LogP contribution in [0, 0.1) is 5.82 Å². The van der Waals surface area contributed by atoms with Crippen molar-refractivity contribution in [3.05, 3.63) is 65.5 Å². The maximum atomic E-state index is 13.1. The van der Waals surface area contributed by atoms with Gasteiger partial charge in [0.15, 0.2) is 6.61 Å². The molecule has 0 saturated carbocycles. The van der Waals surface area contributed by atoms with Crippen LogP contribution in [0.5, 0.6) is 5.75 Å². The van der Waals surface area contributed by atoms with Crippen LogP contribution in [0.15, 0.2) is 48.5 Å². The maximum absolute atomic E-state index is 13.1. The van der Waals surface area contributed by atoms with E-state index >= 15 is 0 Å². The van der Waals surface area contributed by atoms with Gasteiger partial charge in [-0.15, -0.1) is 0 Å². The molecule has 2 unspecified atom stereocenters. The number of rotatable bonds is 6. The molecule has 1 fully saturated rings. The molecule has 2 aromatic carbocycles. The van der Waals surface area contributed by atoms with Gasteiger partial charge in [0.1, 0.15) is 11.6 Å². The number of carbonyl (C=O) groups excluding carboxylic acids is 2. The van der Waals surface area contributed by atoms with E-state index < -0.39 is 5.91 Å². The van der Waals surface area contributed by atoms with E-state index in [0.29, 0.717) is 24.4 Å². The number of ether oxygens (including phenoxy) is 1. The molecule has 1 aliphatic rings. The van der Waals surface area contributed by atoms with E-state index in [4.69, 9.17) is 10.5 Å². The van der Waals surface area contributed by atoms with E-state index in [1.165, 1.54) is 18.2 Å². The molecule has 0 aliphatic carbocycles. The second kappa shape index (κ2) is 9.05. The molecule has 2 N–H and O–H groups in total. The van der Waals surface area contributed by atoms with Crippen LogP contribution >= 0.6 is 0 Å². The first kappa shape index (κ1) is 20.8. The Morgan fingerprint density at radius 2 is 1.83 bits per heavy atom. The lowest BCUT2D eigenvalue weighted by Crippen LogP contribution is -2.58. The van der Waals surface area contributed by atoms with Gasteiger partial charge in [-0.25, -0.2) is 4.39 Å². The molecule has 2 atom stereocenters. The average Bonchev–Trinajstić information content (AvgIpc) is 2.70. The number of halogens is 1. The molecule has 0 spiro atoms. The van der Waals surface area contributed by atoms with Crippen molar-refractivity contribution < 1.29 is 18.7 Å². The lowest BCUT2D eigenvalue weighted by molar-refractivity contribution is -0.139. The van der Waals surface area contributed by atoms with Crippen LogP contribution in [-0.4, -0.2) is 53.4 Å². The van der Waals surface area contributed by atoms with Crippen molar-refractivity contribution in [2.45, 2.75) is 32.5 Å². The van der Waals surface area contributed by atoms with Crippen molar-refractivity contribution in [3.8, 4) is 5.75 Å². The lowest BCUT2D eigenvalue weighted by Gasteiger charge is -2.44. The third-order valence-electron chi connectivity index (χ3n) is 5.22. The minimum atomic E-state index is -0.540. The first-order valence-electron chi connectivity index (χ1n) is 9.64. The van der Waals surface area contributed by atoms with Gasteiger partial charge in [-0.1, -0.05) is 18.2 Å². The molecule has 0 bridgehead atoms. The van der Waals surface area contributed by atoms with E-state index in [9.17, 15) is 14.0 Å². The SMILES string of the molecule is CC1CN(C(=O)COc2cccc(C(N)=O)c2)C(C)CN1Cc1ccc(F)cc1. The van der Waals surface area contributed by atoms with Gasteiger partial charge in [0.05, 0.1) is 0 Å². The summed E-state index contributed by atoms with van der Waals surface area (Å²) >= 11 is 0. The van der Waals surface area contributed by atoms with E-state index in [1.54, 1.807) is 30.3 Å². The van der Waals surface area contributed by atoms with Crippen molar-refractivity contribution in [3.63, 3.8) is 0 Å². The Morgan fingerprint density at radius 3 is 2.52 bits per heavy atom. The number of nitrogens with two attached hydrogens (primary N) is 1. The number of carbonyl (C=O) groups is 2. The van der Waals surface area contributed by atoms with E-state index in [0.717, 1.165) is 12.1 Å². The Bertz CT molecular complexity index is 872. The van der Waals surface area contributed by atoms with Gasteiger partial charge < -0.3 is 15.4 Å². The monoisotopic (exact) mass is 399 g/mol. The minimum absolute atomic E-state index is 0.0275. The normalized spacial score (nSPS) is 19.8. The summed E-state index contributed by atoms with van der Waals surface area (Å²) in [7, 11) is 0. The summed E-state index contributed by atoms with van der Waals surface area (Å²) in [5.41, 5.74) is 6.66. The van der Waals surface area contributed by atoms with Gasteiger partial charge in [0.2, 0.25) is 5.91 Å². The van der Waals surface area contributed by atoms with E-state index in [1.807, 2.05) is 11.8 Å². The molecule has 1 heterocycles. The highest BCUT2D eigenvalue weighted by molar-refractivity contribution is 5.93. The summed E-state index contributed by atoms with van der Waals surface area (Å²) in [5, 5.41) is 0. The lowest BCUT2D eigenvalue weighted by atomic mass is 10.1. The van der Waals surface area contributed by atoms with Crippen LogP contribution in [0.3, 0.4) is 0 Å². The topological polar surface area (TPSA) is 75.9 Å². The maximum Gasteiger partial charge on any atom is 0.260 e. The van der Waals surface area contributed by atoms with Crippen molar-refractivity contribution in [1.29, 1.82) is 0 Å². The quantitative estimate of drug-likeness (QED) is 0.810. The number of amides is 2. The van der Waals surface area contributed by atoms with Crippen molar-refractivity contribution >= 4 is 11.8 Å². The zero-order chi connectivity index (χ0) is 21.0. The summed E-state index contributed by atoms with van der Waals surface area (Å²) in [6.07, 6.45) is 0. The van der Waals surface area contributed by atoms with E-state index in [2.05, 4.69) is 11.8 Å². The number of hydrogen-bond donors (Lipinski definition) is 1. The second-order valence-electron chi connectivity index (χ2n) is 7.48. The summed E-state index contributed by atoms with van der Waals surface area (Å²) < 4.78 is 18.7. The number of nitrogens with zero attached hydrogens (tertiary/aromatic N) is 2. The Kier molecular flexibility index (Phi) is 6.49. The minimum Gasteiger partial charge on any atom is -0.484 e. The Balaban J connectivity index is 1.56. The third-order valence-corrected chi connectivity index (χ3v) is 5.22. The molecule has 2 amide bonds. The van der Waals surface area contributed by atoms with Crippen LogP contribution in [0.4, 0.5) is 4.39 Å².